The Hall–Kier alpha value is -0.550. The minimum absolute atomic E-state index is 0.0999. The fraction of sp³-hybridized carbons (Fsp3) is 0.455. The summed E-state index contributed by atoms with van der Waals surface area (Å²) in [6.45, 7) is 1.94. The van der Waals surface area contributed by atoms with E-state index in [0.29, 0.717) is 5.82 Å². The molecule has 1 fully saturated rings. The first-order valence-corrected chi connectivity index (χ1v) is 7.12. The van der Waals surface area contributed by atoms with Gasteiger partial charge >= 0.3 is 0 Å². The number of hydrogen-bond acceptors (Lipinski definition) is 3. The largest absolute Gasteiger partial charge is 0.310 e. The average molecular weight is 301 g/mol. The number of thioether (sulfide) groups is 1. The van der Waals surface area contributed by atoms with Gasteiger partial charge in [0.05, 0.1) is 0 Å². The van der Waals surface area contributed by atoms with Crippen LogP contribution in [0.25, 0.3) is 0 Å². The standard InChI is InChI=1S/C11H13BrN2OS/c1-7-4-9(12)5-13-10(7)14-11(15)8-2-3-16-6-8/h4-5,8H,2-3,6H2,1H3,(H,13,14,15). The van der Waals surface area contributed by atoms with Crippen LogP contribution >= 0.6 is 27.7 Å². The van der Waals surface area contributed by atoms with Gasteiger partial charge in [0.15, 0.2) is 0 Å². The Bertz CT molecular complexity index is 405. The first kappa shape index (κ1) is 11.9. The first-order valence-electron chi connectivity index (χ1n) is 5.17. The molecule has 2 rings (SSSR count). The summed E-state index contributed by atoms with van der Waals surface area (Å²) in [5.74, 6) is 2.94. The van der Waals surface area contributed by atoms with Gasteiger partial charge in [-0.1, -0.05) is 0 Å². The monoisotopic (exact) mass is 300 g/mol. The van der Waals surface area contributed by atoms with E-state index in [4.69, 9.17) is 0 Å². The SMILES string of the molecule is Cc1cc(Br)cnc1NC(=O)C1CCSC1. The van der Waals surface area contributed by atoms with Crippen molar-refractivity contribution in [1.29, 1.82) is 0 Å². The molecular weight excluding hydrogens is 288 g/mol. The number of carbonyl (C=O) groups is 1. The molecule has 0 aromatic carbocycles. The summed E-state index contributed by atoms with van der Waals surface area (Å²) in [7, 11) is 0. The Morgan fingerprint density at radius 1 is 1.69 bits per heavy atom. The summed E-state index contributed by atoms with van der Waals surface area (Å²) in [6.07, 6.45) is 2.68. The van der Waals surface area contributed by atoms with Crippen molar-refractivity contribution in [2.24, 2.45) is 5.92 Å². The van der Waals surface area contributed by atoms with Crippen molar-refractivity contribution in [1.82, 2.24) is 4.98 Å². The fourth-order valence-corrected chi connectivity index (χ4v) is 3.30. The van der Waals surface area contributed by atoms with E-state index in [-0.39, 0.29) is 11.8 Å². The maximum absolute atomic E-state index is 11.9. The molecule has 0 saturated carbocycles. The Morgan fingerprint density at radius 3 is 3.12 bits per heavy atom. The second kappa shape index (κ2) is 5.19. The molecule has 86 valence electrons. The van der Waals surface area contributed by atoms with E-state index in [9.17, 15) is 4.79 Å². The normalized spacial score (nSPS) is 19.8. The van der Waals surface area contributed by atoms with Crippen molar-refractivity contribution in [3.63, 3.8) is 0 Å². The third-order valence-corrected chi connectivity index (χ3v) is 4.18. The molecule has 0 radical (unpaired) electrons. The number of aromatic nitrogens is 1. The van der Waals surface area contributed by atoms with Gasteiger partial charge < -0.3 is 5.32 Å². The molecule has 1 saturated heterocycles. The van der Waals surface area contributed by atoms with E-state index in [2.05, 4.69) is 26.2 Å². The minimum atomic E-state index is 0.0999. The van der Waals surface area contributed by atoms with Crippen LogP contribution in [0.2, 0.25) is 0 Å². The van der Waals surface area contributed by atoms with Crippen LogP contribution in [0.4, 0.5) is 5.82 Å². The number of hydrogen-bond donors (Lipinski definition) is 1. The van der Waals surface area contributed by atoms with Gasteiger partial charge in [-0.3, -0.25) is 4.79 Å². The molecule has 1 unspecified atom stereocenters. The predicted octanol–water partition coefficient (Wildman–Crippen LogP) is 2.84. The van der Waals surface area contributed by atoms with Gasteiger partial charge in [-0.05, 0) is 46.7 Å². The third kappa shape index (κ3) is 2.77. The second-order valence-corrected chi connectivity index (χ2v) is 5.93. The predicted molar refractivity (Wildman–Crippen MR) is 70.7 cm³/mol. The van der Waals surface area contributed by atoms with E-state index in [1.54, 1.807) is 6.20 Å². The van der Waals surface area contributed by atoms with Gasteiger partial charge in [0, 0.05) is 22.3 Å². The number of aryl methyl sites for hydroxylation is 1. The van der Waals surface area contributed by atoms with Crippen LogP contribution in [0.1, 0.15) is 12.0 Å². The molecule has 2 heterocycles. The van der Waals surface area contributed by atoms with E-state index in [1.807, 2.05) is 24.8 Å². The molecule has 1 aliphatic heterocycles. The Morgan fingerprint density at radius 2 is 2.50 bits per heavy atom. The first-order chi connectivity index (χ1) is 7.66. The lowest BCUT2D eigenvalue weighted by Gasteiger charge is -2.11. The van der Waals surface area contributed by atoms with Gasteiger partial charge in [-0.25, -0.2) is 4.98 Å². The van der Waals surface area contributed by atoms with E-state index < -0.39 is 0 Å². The highest BCUT2D eigenvalue weighted by molar-refractivity contribution is 9.10. The molecule has 1 atom stereocenters. The lowest BCUT2D eigenvalue weighted by molar-refractivity contribution is -0.119. The molecule has 3 nitrogen and oxygen atoms in total. The van der Waals surface area contributed by atoms with Crippen LogP contribution in [-0.2, 0) is 4.79 Å². The molecule has 1 aliphatic rings. The van der Waals surface area contributed by atoms with Crippen molar-refractivity contribution in [3.8, 4) is 0 Å². The zero-order valence-corrected chi connectivity index (χ0v) is 11.4. The number of amides is 1. The molecule has 1 aromatic heterocycles. The van der Waals surface area contributed by atoms with Crippen LogP contribution < -0.4 is 5.32 Å². The summed E-state index contributed by atoms with van der Waals surface area (Å²) < 4.78 is 0.930. The van der Waals surface area contributed by atoms with Gasteiger partial charge in [-0.2, -0.15) is 11.8 Å². The van der Waals surface area contributed by atoms with Gasteiger partial charge in [0.2, 0.25) is 5.91 Å². The molecule has 0 bridgehead atoms. The van der Waals surface area contributed by atoms with Crippen LogP contribution in [0, 0.1) is 12.8 Å². The molecular formula is C11H13BrN2OS. The van der Waals surface area contributed by atoms with E-state index >= 15 is 0 Å². The molecule has 1 N–H and O–H groups in total. The van der Waals surface area contributed by atoms with Crippen molar-refractivity contribution in [3.05, 3.63) is 22.3 Å². The lowest BCUT2D eigenvalue weighted by Crippen LogP contribution is -2.23. The quantitative estimate of drug-likeness (QED) is 0.913. The fourth-order valence-electron chi connectivity index (χ4n) is 1.63. The van der Waals surface area contributed by atoms with Crippen molar-refractivity contribution in [2.75, 3.05) is 16.8 Å². The zero-order valence-electron chi connectivity index (χ0n) is 9.00. The number of rotatable bonds is 2. The van der Waals surface area contributed by atoms with E-state index in [1.165, 1.54) is 0 Å². The Balaban J connectivity index is 2.05. The number of nitrogens with one attached hydrogen (secondary N) is 1. The summed E-state index contributed by atoms with van der Waals surface area (Å²) >= 11 is 5.19. The highest BCUT2D eigenvalue weighted by atomic mass is 79.9. The zero-order chi connectivity index (χ0) is 11.5. The molecule has 0 spiro atoms. The maximum atomic E-state index is 11.9. The summed E-state index contributed by atoms with van der Waals surface area (Å²) in [5, 5.41) is 2.90. The van der Waals surface area contributed by atoms with Crippen LogP contribution in [0.5, 0.6) is 0 Å². The molecule has 1 aromatic rings. The number of nitrogens with zero attached hydrogens (tertiary/aromatic N) is 1. The smallest absolute Gasteiger partial charge is 0.229 e. The van der Waals surface area contributed by atoms with Crippen LogP contribution in [0.15, 0.2) is 16.7 Å². The number of carbonyl (C=O) groups excluding carboxylic acids is 1. The average Bonchev–Trinajstić information content (AvgIpc) is 2.75. The summed E-state index contributed by atoms with van der Waals surface area (Å²) in [5.41, 5.74) is 0.980. The number of anilines is 1. The van der Waals surface area contributed by atoms with Crippen LogP contribution in [0.3, 0.4) is 0 Å². The maximum Gasteiger partial charge on any atom is 0.229 e. The lowest BCUT2D eigenvalue weighted by atomic mass is 10.1. The van der Waals surface area contributed by atoms with Crippen molar-refractivity contribution in [2.45, 2.75) is 13.3 Å². The van der Waals surface area contributed by atoms with E-state index in [0.717, 1.165) is 28.0 Å². The minimum Gasteiger partial charge on any atom is -0.310 e. The highest BCUT2D eigenvalue weighted by Crippen LogP contribution is 2.25. The van der Waals surface area contributed by atoms with Crippen molar-refractivity contribution < 1.29 is 4.79 Å². The molecule has 0 aliphatic carbocycles. The molecule has 5 heteroatoms. The Labute approximate surface area is 108 Å². The molecule has 1 amide bonds. The number of pyridine rings is 1. The summed E-state index contributed by atoms with van der Waals surface area (Å²) in [4.78, 5) is 16.1. The Kier molecular flexibility index (Phi) is 3.86. The number of halogens is 1. The molecule has 16 heavy (non-hydrogen) atoms. The van der Waals surface area contributed by atoms with Gasteiger partial charge in [0.1, 0.15) is 5.82 Å². The van der Waals surface area contributed by atoms with Gasteiger partial charge in [0.25, 0.3) is 0 Å². The van der Waals surface area contributed by atoms with Crippen LogP contribution in [-0.4, -0.2) is 22.4 Å². The van der Waals surface area contributed by atoms with Crippen molar-refractivity contribution >= 4 is 39.4 Å². The summed E-state index contributed by atoms with van der Waals surface area (Å²) in [6, 6.07) is 1.95. The van der Waals surface area contributed by atoms with Gasteiger partial charge in [-0.15, -0.1) is 0 Å². The topological polar surface area (TPSA) is 42.0 Å². The third-order valence-electron chi connectivity index (χ3n) is 2.59. The second-order valence-electron chi connectivity index (χ2n) is 3.87. The highest BCUT2D eigenvalue weighted by Gasteiger charge is 2.23.